The molecule has 0 fully saturated rings. The first-order chi connectivity index (χ1) is 9.08. The van der Waals surface area contributed by atoms with Gasteiger partial charge in [0.25, 0.3) is 0 Å². The number of hydrogen-bond acceptors (Lipinski definition) is 3. The monoisotopic (exact) mass is 267 g/mol. The van der Waals surface area contributed by atoms with Crippen LogP contribution in [0.4, 0.5) is 8.78 Å². The van der Waals surface area contributed by atoms with Crippen LogP contribution in [0.2, 0.25) is 0 Å². The molecule has 0 aliphatic heterocycles. The Labute approximate surface area is 110 Å². The molecule has 0 aliphatic carbocycles. The van der Waals surface area contributed by atoms with Gasteiger partial charge in [-0.1, -0.05) is 13.8 Å². The number of ketones is 1. The molecule has 0 amide bonds. The zero-order valence-corrected chi connectivity index (χ0v) is 10.8. The van der Waals surface area contributed by atoms with Crippen LogP contribution < -0.4 is 0 Å². The molecular weight excluding hydrogens is 252 g/mol. The molecule has 0 saturated carbocycles. The molecule has 1 heterocycles. The fourth-order valence-electron chi connectivity index (χ4n) is 1.25. The van der Waals surface area contributed by atoms with Crippen LogP contribution in [0.3, 0.4) is 0 Å². The van der Waals surface area contributed by atoms with Crippen molar-refractivity contribution in [1.82, 2.24) is 14.8 Å². The number of halogens is 2. The molecule has 1 aromatic carbocycles. The third kappa shape index (κ3) is 4.57. The number of benzene rings is 1. The van der Waals surface area contributed by atoms with E-state index in [0.29, 0.717) is 18.6 Å². The van der Waals surface area contributed by atoms with Gasteiger partial charge in [0, 0.05) is 18.9 Å². The van der Waals surface area contributed by atoms with Gasteiger partial charge < -0.3 is 0 Å². The van der Waals surface area contributed by atoms with E-state index in [1.165, 1.54) is 29.5 Å². The molecule has 2 rings (SSSR count). The third-order valence-corrected chi connectivity index (χ3v) is 2.36. The van der Waals surface area contributed by atoms with Crippen LogP contribution in [0, 0.1) is 11.6 Å². The lowest BCUT2D eigenvalue weighted by molar-refractivity contribution is -0.118. The lowest BCUT2D eigenvalue weighted by Crippen LogP contribution is -1.98. The number of carbonyl (C=O) groups is 1. The van der Waals surface area contributed by atoms with E-state index in [1.807, 2.05) is 13.8 Å². The average molecular weight is 267 g/mol. The van der Waals surface area contributed by atoms with E-state index >= 15 is 0 Å². The Hall–Kier alpha value is -2.11. The minimum Gasteiger partial charge on any atom is -0.300 e. The highest BCUT2D eigenvalue weighted by atomic mass is 19.1. The summed E-state index contributed by atoms with van der Waals surface area (Å²) >= 11 is 0. The molecule has 0 spiro atoms. The van der Waals surface area contributed by atoms with Gasteiger partial charge in [0.2, 0.25) is 0 Å². The molecule has 0 N–H and O–H groups in total. The predicted molar refractivity (Wildman–Crippen MR) is 66.9 cm³/mol. The van der Waals surface area contributed by atoms with E-state index < -0.39 is 11.6 Å². The molecule has 0 unspecified atom stereocenters. The molecule has 102 valence electrons. The van der Waals surface area contributed by atoms with Gasteiger partial charge in [-0.25, -0.2) is 18.4 Å². The van der Waals surface area contributed by atoms with Crippen molar-refractivity contribution in [2.75, 3.05) is 0 Å². The van der Waals surface area contributed by atoms with E-state index in [2.05, 4.69) is 10.1 Å². The molecule has 2 aromatic rings. The van der Waals surface area contributed by atoms with Crippen LogP contribution in [0.1, 0.15) is 26.7 Å². The smallest absolute Gasteiger partial charge is 0.151 e. The Bertz CT molecular complexity index is 521. The van der Waals surface area contributed by atoms with Gasteiger partial charge in [0.1, 0.15) is 29.9 Å². The van der Waals surface area contributed by atoms with Crippen molar-refractivity contribution in [2.45, 2.75) is 26.7 Å². The summed E-state index contributed by atoms with van der Waals surface area (Å²) < 4.78 is 26.8. The van der Waals surface area contributed by atoms with Crippen LogP contribution in [0.15, 0.2) is 30.9 Å². The minimum absolute atomic E-state index is 0.180. The first-order valence-electron chi connectivity index (χ1n) is 5.90. The van der Waals surface area contributed by atoms with Crippen LogP contribution in [0.5, 0.6) is 0 Å². The Kier molecular flexibility index (Phi) is 5.78. The largest absolute Gasteiger partial charge is 0.300 e. The second kappa shape index (κ2) is 7.35. The topological polar surface area (TPSA) is 47.8 Å². The number of rotatable bonds is 3. The van der Waals surface area contributed by atoms with Crippen molar-refractivity contribution in [1.29, 1.82) is 0 Å². The highest BCUT2D eigenvalue weighted by molar-refractivity contribution is 5.77. The van der Waals surface area contributed by atoms with Gasteiger partial charge in [-0.05, 0) is 12.1 Å². The standard InChI is InChI=1S/C8H5F2N3.C5H10O/c9-6-1-2-8(7(10)3-6)13-5-11-4-12-13;1-3-5(6)4-2/h1-5H;3-4H2,1-2H3. The predicted octanol–water partition coefficient (Wildman–Crippen LogP) is 2.92. The van der Waals surface area contributed by atoms with Crippen molar-refractivity contribution < 1.29 is 13.6 Å². The van der Waals surface area contributed by atoms with Crippen LogP contribution in [0.25, 0.3) is 5.69 Å². The highest BCUT2D eigenvalue weighted by Crippen LogP contribution is 2.12. The summed E-state index contributed by atoms with van der Waals surface area (Å²) in [7, 11) is 0. The molecule has 19 heavy (non-hydrogen) atoms. The van der Waals surface area contributed by atoms with E-state index in [-0.39, 0.29) is 5.69 Å². The number of carbonyl (C=O) groups excluding carboxylic acids is 1. The Morgan fingerprint density at radius 3 is 2.37 bits per heavy atom. The van der Waals surface area contributed by atoms with Gasteiger partial charge in [-0.2, -0.15) is 5.10 Å². The van der Waals surface area contributed by atoms with Crippen molar-refractivity contribution in [3.8, 4) is 5.69 Å². The molecule has 4 nitrogen and oxygen atoms in total. The lowest BCUT2D eigenvalue weighted by Gasteiger charge is -2.00. The second-order valence-electron chi connectivity index (χ2n) is 3.68. The minimum atomic E-state index is -0.662. The zero-order valence-electron chi connectivity index (χ0n) is 10.8. The quantitative estimate of drug-likeness (QED) is 0.859. The highest BCUT2D eigenvalue weighted by Gasteiger charge is 2.05. The number of nitrogens with zero attached hydrogens (tertiary/aromatic N) is 3. The fraction of sp³-hybridized carbons (Fsp3) is 0.308. The summed E-state index contributed by atoms with van der Waals surface area (Å²) in [5.41, 5.74) is 0.180. The van der Waals surface area contributed by atoms with Crippen molar-refractivity contribution in [2.24, 2.45) is 0 Å². The summed E-state index contributed by atoms with van der Waals surface area (Å²) in [4.78, 5) is 13.8. The van der Waals surface area contributed by atoms with E-state index in [1.54, 1.807) is 0 Å². The van der Waals surface area contributed by atoms with Gasteiger partial charge in [0.15, 0.2) is 5.82 Å². The SMILES string of the molecule is CCC(=O)CC.Fc1ccc(-n2cncn2)c(F)c1. The molecule has 0 atom stereocenters. The number of Topliss-reactive ketones (excluding diaryl/α,β-unsaturated/α-hetero) is 1. The van der Waals surface area contributed by atoms with Crippen molar-refractivity contribution in [3.63, 3.8) is 0 Å². The normalized spacial score (nSPS) is 9.68. The first-order valence-corrected chi connectivity index (χ1v) is 5.90. The average Bonchev–Trinajstić information content (AvgIpc) is 2.92. The summed E-state index contributed by atoms with van der Waals surface area (Å²) in [5.74, 6) is -0.929. The maximum atomic E-state index is 13.1. The summed E-state index contributed by atoms with van der Waals surface area (Å²) in [6.07, 6.45) is 4.01. The number of hydrogen-bond donors (Lipinski definition) is 0. The van der Waals surface area contributed by atoms with Gasteiger partial charge in [-0.3, -0.25) is 4.79 Å². The van der Waals surface area contributed by atoms with E-state index in [9.17, 15) is 13.6 Å². The molecule has 1 aromatic heterocycles. The van der Waals surface area contributed by atoms with Gasteiger partial charge in [0.05, 0.1) is 0 Å². The van der Waals surface area contributed by atoms with Crippen molar-refractivity contribution >= 4 is 5.78 Å². The summed E-state index contributed by atoms with van der Waals surface area (Å²) in [5, 5.41) is 3.72. The Balaban J connectivity index is 0.000000258. The maximum Gasteiger partial charge on any atom is 0.151 e. The first kappa shape index (κ1) is 14.9. The van der Waals surface area contributed by atoms with Gasteiger partial charge in [-0.15, -0.1) is 0 Å². The summed E-state index contributed by atoms with van der Waals surface area (Å²) in [6.45, 7) is 3.76. The van der Waals surface area contributed by atoms with E-state index in [0.717, 1.165) is 6.07 Å². The molecular formula is C13H15F2N3O. The zero-order chi connectivity index (χ0) is 14.3. The Morgan fingerprint density at radius 2 is 1.95 bits per heavy atom. The van der Waals surface area contributed by atoms with E-state index in [4.69, 9.17) is 0 Å². The van der Waals surface area contributed by atoms with Gasteiger partial charge >= 0.3 is 0 Å². The fourth-order valence-corrected chi connectivity index (χ4v) is 1.25. The van der Waals surface area contributed by atoms with Crippen LogP contribution in [-0.4, -0.2) is 20.5 Å². The number of aromatic nitrogens is 3. The molecule has 0 radical (unpaired) electrons. The van der Waals surface area contributed by atoms with Crippen LogP contribution in [-0.2, 0) is 4.79 Å². The Morgan fingerprint density at radius 1 is 1.26 bits per heavy atom. The molecule has 0 saturated heterocycles. The summed E-state index contributed by atoms with van der Waals surface area (Å²) in [6, 6.07) is 3.27. The molecule has 0 bridgehead atoms. The second-order valence-corrected chi connectivity index (χ2v) is 3.68. The maximum absolute atomic E-state index is 13.1. The molecule has 0 aliphatic rings. The molecule has 6 heteroatoms. The lowest BCUT2D eigenvalue weighted by atomic mass is 10.3. The van der Waals surface area contributed by atoms with Crippen LogP contribution >= 0.6 is 0 Å². The third-order valence-electron chi connectivity index (χ3n) is 2.36. The van der Waals surface area contributed by atoms with Crippen molar-refractivity contribution in [3.05, 3.63) is 42.5 Å².